The molecule has 228 valence electrons. The number of amides is 2. The minimum absolute atomic E-state index is 0.0827. The summed E-state index contributed by atoms with van der Waals surface area (Å²) in [5.41, 5.74) is 2.62. The van der Waals surface area contributed by atoms with Crippen molar-refractivity contribution in [3.63, 3.8) is 0 Å². The summed E-state index contributed by atoms with van der Waals surface area (Å²) in [6.45, 7) is 15.1. The molecule has 0 spiro atoms. The van der Waals surface area contributed by atoms with Gasteiger partial charge in [0, 0.05) is 50.5 Å². The van der Waals surface area contributed by atoms with Gasteiger partial charge in [0.2, 0.25) is 0 Å². The molecule has 0 fully saturated rings. The van der Waals surface area contributed by atoms with Crippen LogP contribution in [0.2, 0.25) is 0 Å². The number of pyridine rings is 1. The Morgan fingerprint density at radius 1 is 0.884 bits per heavy atom. The van der Waals surface area contributed by atoms with Crippen molar-refractivity contribution < 1.29 is 9.59 Å². The van der Waals surface area contributed by atoms with Crippen LogP contribution in [0.15, 0.2) is 43.0 Å². The predicted octanol–water partition coefficient (Wildman–Crippen LogP) is 7.94. The molecule has 3 aromatic heterocycles. The molecule has 1 unspecified atom stereocenters. The van der Waals surface area contributed by atoms with E-state index in [0.717, 1.165) is 40.8 Å². The summed E-state index contributed by atoms with van der Waals surface area (Å²) in [7, 11) is 3.62. The van der Waals surface area contributed by atoms with E-state index in [1.165, 1.54) is 46.7 Å². The number of hydrogen-bond donors (Lipinski definition) is 0. The average Bonchev–Trinajstić information content (AvgIpc) is 3.76. The lowest BCUT2D eigenvalue weighted by molar-refractivity contribution is 0.0847. The fourth-order valence-electron chi connectivity index (χ4n) is 6.57. The molecule has 3 aromatic rings. The summed E-state index contributed by atoms with van der Waals surface area (Å²) in [5, 5.41) is 1.37. The molecule has 43 heavy (non-hydrogen) atoms. The Morgan fingerprint density at radius 3 is 2.28 bits per heavy atom. The molecule has 0 radical (unpaired) electrons. The molecule has 2 amide bonds. The highest BCUT2D eigenvalue weighted by Crippen LogP contribution is 2.43. The van der Waals surface area contributed by atoms with Gasteiger partial charge in [0.15, 0.2) is 0 Å². The molecule has 5 nitrogen and oxygen atoms in total. The third-order valence-corrected chi connectivity index (χ3v) is 12.2. The van der Waals surface area contributed by atoms with Crippen molar-refractivity contribution >= 4 is 45.9 Å². The number of carbonyl (C=O) groups excluding carboxylic acids is 2. The molecule has 2 aliphatic rings. The van der Waals surface area contributed by atoms with Gasteiger partial charge in [-0.25, -0.2) is 4.98 Å². The SMILES string of the molecule is C=CCCC(C)(C)C1=c2cc3c(nc2C(=O)N1C)=C(c1ccc(-c2ccc(C(C)(CC)CCCCCC)s2)s1)N(C)C3=O. The Labute approximate surface area is 264 Å². The topological polar surface area (TPSA) is 53.5 Å². The van der Waals surface area contributed by atoms with Gasteiger partial charge < -0.3 is 9.80 Å². The molecule has 5 heterocycles. The van der Waals surface area contributed by atoms with Gasteiger partial charge in [0.05, 0.1) is 16.1 Å². The smallest absolute Gasteiger partial charge is 0.277 e. The Bertz CT molecular complexity index is 1690. The number of aromatic nitrogens is 1. The summed E-state index contributed by atoms with van der Waals surface area (Å²) in [4.78, 5) is 40.2. The van der Waals surface area contributed by atoms with Crippen LogP contribution in [0.5, 0.6) is 0 Å². The average molecular weight is 616 g/mol. The van der Waals surface area contributed by atoms with E-state index in [1.807, 2.05) is 37.6 Å². The fraction of sp³-hybridized carbons (Fsp3) is 0.472. The van der Waals surface area contributed by atoms with Crippen LogP contribution in [0.1, 0.15) is 117 Å². The van der Waals surface area contributed by atoms with Crippen molar-refractivity contribution in [1.82, 2.24) is 14.8 Å². The second kappa shape index (κ2) is 12.2. The molecule has 0 aliphatic carbocycles. The lowest BCUT2D eigenvalue weighted by Gasteiger charge is -2.30. The second-order valence-electron chi connectivity index (χ2n) is 13.0. The van der Waals surface area contributed by atoms with Crippen molar-refractivity contribution in [2.45, 2.75) is 91.4 Å². The van der Waals surface area contributed by atoms with E-state index in [0.29, 0.717) is 16.6 Å². The Morgan fingerprint density at radius 2 is 1.58 bits per heavy atom. The summed E-state index contributed by atoms with van der Waals surface area (Å²) in [6, 6.07) is 10.7. The molecule has 1 atom stereocenters. The molecule has 0 saturated heterocycles. The lowest BCUT2D eigenvalue weighted by atomic mass is 9.80. The van der Waals surface area contributed by atoms with Gasteiger partial charge >= 0.3 is 0 Å². The number of hydrogen-bond acceptors (Lipinski definition) is 5. The zero-order valence-electron chi connectivity index (χ0n) is 26.8. The molecule has 0 saturated carbocycles. The summed E-state index contributed by atoms with van der Waals surface area (Å²) < 4.78 is 0. The third kappa shape index (κ3) is 5.55. The highest BCUT2D eigenvalue weighted by molar-refractivity contribution is 7.22. The summed E-state index contributed by atoms with van der Waals surface area (Å²) in [6.07, 6.45) is 11.1. The normalized spacial score (nSPS) is 16.3. The van der Waals surface area contributed by atoms with Crippen molar-refractivity contribution in [3.05, 3.63) is 74.6 Å². The number of nitrogens with zero attached hydrogens (tertiary/aromatic N) is 3. The number of carbonyl (C=O) groups is 2. The van der Waals surface area contributed by atoms with Crippen molar-refractivity contribution in [1.29, 1.82) is 0 Å². The first-order valence-electron chi connectivity index (χ1n) is 15.7. The van der Waals surface area contributed by atoms with Gasteiger partial charge in [-0.05, 0) is 56.0 Å². The first-order chi connectivity index (χ1) is 20.5. The zero-order valence-corrected chi connectivity index (χ0v) is 28.4. The molecule has 0 N–H and O–H groups in total. The molecular weight excluding hydrogens is 571 g/mol. The quantitative estimate of drug-likeness (QED) is 0.145. The standard InChI is InChI=1S/C36H45N3O2S2/c1-9-12-14-15-21-36(6,11-3)28-19-18-26(43-28)25-16-17-27(42-25)31-29-24(33(40)38(31)7)22-23-30(37-29)34(41)39(8)32(23)35(4,5)20-13-10-2/h10,16-19,22H,2,9,11-15,20-21H2,1,3-8H3. The van der Waals surface area contributed by atoms with Gasteiger partial charge in [0.25, 0.3) is 11.8 Å². The maximum Gasteiger partial charge on any atom is 0.277 e. The minimum Gasteiger partial charge on any atom is -0.313 e. The predicted molar refractivity (Wildman–Crippen MR) is 181 cm³/mol. The number of thiophene rings is 2. The Hall–Kier alpha value is -3.03. The minimum atomic E-state index is -0.272. The van der Waals surface area contributed by atoms with Gasteiger partial charge in [-0.1, -0.05) is 66.4 Å². The van der Waals surface area contributed by atoms with Crippen molar-refractivity contribution in [2.24, 2.45) is 5.41 Å². The largest absolute Gasteiger partial charge is 0.313 e. The first kappa shape index (κ1) is 31.4. The number of allylic oxidation sites excluding steroid dienone is 1. The van der Waals surface area contributed by atoms with Crippen molar-refractivity contribution in [2.75, 3.05) is 14.1 Å². The summed E-state index contributed by atoms with van der Waals surface area (Å²) in [5.74, 6) is -0.201. The van der Waals surface area contributed by atoms with Crippen LogP contribution in [-0.2, 0) is 5.41 Å². The van der Waals surface area contributed by atoms with E-state index in [9.17, 15) is 9.59 Å². The number of fused-ring (bicyclic) bond motifs is 2. The fourth-order valence-corrected chi connectivity index (χ4v) is 9.00. The van der Waals surface area contributed by atoms with Crippen LogP contribution in [0.3, 0.4) is 0 Å². The monoisotopic (exact) mass is 615 g/mol. The van der Waals surface area contributed by atoms with Crippen LogP contribution < -0.4 is 10.6 Å². The Balaban J connectivity index is 1.54. The molecular formula is C36H45N3O2S2. The number of rotatable bonds is 13. The van der Waals surface area contributed by atoms with Crippen LogP contribution in [0, 0.1) is 5.41 Å². The molecule has 2 aliphatic heterocycles. The maximum atomic E-state index is 13.6. The highest BCUT2D eigenvalue weighted by Gasteiger charge is 2.39. The lowest BCUT2D eigenvalue weighted by Crippen LogP contribution is -2.29. The second-order valence-corrected chi connectivity index (χ2v) is 15.1. The molecule has 7 heteroatoms. The van der Waals surface area contributed by atoms with Gasteiger partial charge in [-0.3, -0.25) is 9.59 Å². The molecule has 0 bridgehead atoms. The summed E-state index contributed by atoms with van der Waals surface area (Å²) >= 11 is 3.58. The van der Waals surface area contributed by atoms with E-state index in [-0.39, 0.29) is 22.6 Å². The highest BCUT2D eigenvalue weighted by atomic mass is 32.1. The van der Waals surface area contributed by atoms with Crippen molar-refractivity contribution in [3.8, 4) is 9.75 Å². The first-order valence-corrected chi connectivity index (χ1v) is 17.3. The number of unbranched alkanes of at least 4 members (excludes halogenated alkanes) is 3. The van der Waals surface area contributed by atoms with Gasteiger partial charge in [-0.2, -0.15) is 0 Å². The van der Waals surface area contributed by atoms with E-state index < -0.39 is 0 Å². The van der Waals surface area contributed by atoms with Crippen LogP contribution in [-0.4, -0.2) is 40.7 Å². The van der Waals surface area contributed by atoms with Gasteiger partial charge in [0.1, 0.15) is 11.0 Å². The molecule has 5 rings (SSSR count). The van der Waals surface area contributed by atoms with E-state index in [2.05, 4.69) is 65.5 Å². The van der Waals surface area contributed by atoms with Crippen LogP contribution >= 0.6 is 22.7 Å². The van der Waals surface area contributed by atoms with Crippen LogP contribution in [0.4, 0.5) is 0 Å². The Kier molecular flexibility index (Phi) is 8.88. The van der Waals surface area contributed by atoms with E-state index in [1.54, 1.807) is 21.1 Å². The van der Waals surface area contributed by atoms with Crippen LogP contribution in [0.25, 0.3) is 21.1 Å². The van der Waals surface area contributed by atoms with E-state index >= 15 is 0 Å². The zero-order chi connectivity index (χ0) is 31.1. The molecule has 0 aromatic carbocycles. The van der Waals surface area contributed by atoms with Gasteiger partial charge in [-0.15, -0.1) is 29.3 Å². The van der Waals surface area contributed by atoms with E-state index in [4.69, 9.17) is 4.98 Å². The maximum absolute atomic E-state index is 13.6. The third-order valence-electron chi connectivity index (χ3n) is 9.48.